The first-order chi connectivity index (χ1) is 12.9. The van der Waals surface area contributed by atoms with Crippen LogP contribution < -0.4 is 19.1 Å². The number of amides is 1. The molecule has 3 rings (SSSR count). The van der Waals surface area contributed by atoms with Crippen LogP contribution in [0.25, 0.3) is 0 Å². The molecule has 0 unspecified atom stereocenters. The molecular formula is C18H19ClN2O5S. The summed E-state index contributed by atoms with van der Waals surface area (Å²) in [6, 6.07) is 11.7. The number of carbonyl (C=O) groups excluding carboxylic acids is 1. The molecule has 0 saturated carbocycles. The smallest absolute Gasteiger partial charge is 0.262 e. The lowest BCUT2D eigenvalue weighted by Crippen LogP contribution is -2.25. The molecule has 0 spiro atoms. The lowest BCUT2D eigenvalue weighted by molar-refractivity contribution is -0.118. The van der Waals surface area contributed by atoms with Crippen molar-refractivity contribution in [1.29, 1.82) is 0 Å². The number of ether oxygens (including phenoxy) is 2. The van der Waals surface area contributed by atoms with E-state index in [9.17, 15) is 13.2 Å². The monoisotopic (exact) mass is 410 g/mol. The summed E-state index contributed by atoms with van der Waals surface area (Å²) >= 11 is 6.21. The maximum absolute atomic E-state index is 12.1. The molecule has 1 aliphatic rings. The molecule has 0 bridgehead atoms. The second-order valence-electron chi connectivity index (χ2n) is 5.89. The largest absolute Gasteiger partial charge is 0.493 e. The molecule has 2 aromatic rings. The zero-order valence-electron chi connectivity index (χ0n) is 14.6. The highest BCUT2D eigenvalue weighted by atomic mass is 35.5. The van der Waals surface area contributed by atoms with Crippen LogP contribution in [0, 0.1) is 0 Å². The zero-order chi connectivity index (χ0) is 19.4. The maximum atomic E-state index is 12.1. The van der Waals surface area contributed by atoms with Gasteiger partial charge in [-0.05, 0) is 36.8 Å². The van der Waals surface area contributed by atoms with Crippen LogP contribution in [-0.2, 0) is 14.8 Å². The minimum atomic E-state index is -3.28. The minimum Gasteiger partial charge on any atom is -0.493 e. The Labute approximate surface area is 162 Å². The third-order valence-corrected chi connectivity index (χ3v) is 6.22. The van der Waals surface area contributed by atoms with Gasteiger partial charge in [0.15, 0.2) is 18.1 Å². The van der Waals surface area contributed by atoms with Crippen LogP contribution in [0.1, 0.15) is 6.42 Å². The van der Waals surface area contributed by atoms with Gasteiger partial charge in [-0.2, -0.15) is 0 Å². The predicted molar refractivity (Wildman–Crippen MR) is 104 cm³/mol. The van der Waals surface area contributed by atoms with Gasteiger partial charge in [-0.3, -0.25) is 9.10 Å². The van der Waals surface area contributed by atoms with Crippen LogP contribution in [-0.4, -0.2) is 40.3 Å². The number of hydrogen-bond donors (Lipinski definition) is 1. The van der Waals surface area contributed by atoms with E-state index in [-0.39, 0.29) is 17.4 Å². The molecule has 1 fully saturated rings. The molecule has 9 heteroatoms. The summed E-state index contributed by atoms with van der Waals surface area (Å²) in [4.78, 5) is 12.1. The van der Waals surface area contributed by atoms with Crippen LogP contribution in [0.3, 0.4) is 0 Å². The van der Waals surface area contributed by atoms with Gasteiger partial charge in [0.2, 0.25) is 10.0 Å². The van der Waals surface area contributed by atoms with E-state index in [1.54, 1.807) is 36.4 Å². The van der Waals surface area contributed by atoms with Crippen LogP contribution in [0.15, 0.2) is 42.5 Å². The third-order valence-electron chi connectivity index (χ3n) is 4.04. The third kappa shape index (κ3) is 4.45. The molecule has 0 aromatic heterocycles. The van der Waals surface area contributed by atoms with E-state index in [0.29, 0.717) is 35.8 Å². The van der Waals surface area contributed by atoms with E-state index in [4.69, 9.17) is 21.1 Å². The lowest BCUT2D eigenvalue weighted by atomic mass is 10.2. The van der Waals surface area contributed by atoms with E-state index in [1.165, 1.54) is 17.5 Å². The van der Waals surface area contributed by atoms with E-state index in [2.05, 4.69) is 5.32 Å². The fourth-order valence-electron chi connectivity index (χ4n) is 2.76. The van der Waals surface area contributed by atoms with Gasteiger partial charge in [0.1, 0.15) is 0 Å². The Kier molecular flexibility index (Phi) is 5.76. The van der Waals surface area contributed by atoms with E-state index in [1.807, 2.05) is 0 Å². The average Bonchev–Trinajstić information content (AvgIpc) is 3.01. The summed E-state index contributed by atoms with van der Waals surface area (Å²) in [7, 11) is -1.77. The van der Waals surface area contributed by atoms with Gasteiger partial charge in [0.25, 0.3) is 5.91 Å². The quantitative estimate of drug-likeness (QED) is 0.791. The standard InChI is InChI=1S/C18H19ClN2O5S/c1-25-16-5-2-3-6-17(16)26-12-18(22)20-15-8-7-13(11-14(15)19)21-9-4-10-27(21,23)24/h2-3,5-8,11H,4,9-10,12H2,1H3,(H,20,22). The van der Waals surface area contributed by atoms with E-state index in [0.717, 1.165) is 0 Å². The summed E-state index contributed by atoms with van der Waals surface area (Å²) in [5.41, 5.74) is 0.867. The summed E-state index contributed by atoms with van der Waals surface area (Å²) in [6.07, 6.45) is 0.582. The Balaban J connectivity index is 1.64. The number of sulfonamides is 1. The predicted octanol–water partition coefficient (Wildman–Crippen LogP) is 2.91. The van der Waals surface area contributed by atoms with Gasteiger partial charge >= 0.3 is 0 Å². The zero-order valence-corrected chi connectivity index (χ0v) is 16.2. The summed E-state index contributed by atoms with van der Waals surface area (Å²) in [5.74, 6) is 0.711. The number of anilines is 2. The number of carbonyl (C=O) groups is 1. The summed E-state index contributed by atoms with van der Waals surface area (Å²) in [6.45, 7) is 0.204. The molecule has 1 heterocycles. The first-order valence-electron chi connectivity index (χ1n) is 8.26. The van der Waals surface area contributed by atoms with Crippen molar-refractivity contribution in [3.8, 4) is 11.5 Å². The van der Waals surface area contributed by atoms with Gasteiger partial charge in [-0.15, -0.1) is 0 Å². The molecule has 144 valence electrons. The maximum Gasteiger partial charge on any atom is 0.262 e. The van der Waals surface area contributed by atoms with E-state index >= 15 is 0 Å². The van der Waals surface area contributed by atoms with Crippen LogP contribution in [0.2, 0.25) is 5.02 Å². The lowest BCUT2D eigenvalue weighted by Gasteiger charge is -2.18. The molecule has 1 saturated heterocycles. The van der Waals surface area contributed by atoms with Crippen molar-refractivity contribution >= 4 is 38.9 Å². The van der Waals surface area contributed by atoms with Gasteiger partial charge in [-0.1, -0.05) is 23.7 Å². The fourth-order valence-corrected chi connectivity index (χ4v) is 4.54. The van der Waals surface area contributed by atoms with Crippen LogP contribution in [0.5, 0.6) is 11.5 Å². The minimum absolute atomic E-state index is 0.128. The second kappa shape index (κ2) is 8.06. The van der Waals surface area contributed by atoms with Crippen molar-refractivity contribution < 1.29 is 22.7 Å². The van der Waals surface area contributed by atoms with Crippen molar-refractivity contribution in [3.05, 3.63) is 47.5 Å². The molecule has 1 N–H and O–H groups in total. The van der Waals surface area contributed by atoms with Gasteiger partial charge in [0.05, 0.1) is 29.3 Å². The molecule has 27 heavy (non-hydrogen) atoms. The highest BCUT2D eigenvalue weighted by molar-refractivity contribution is 7.93. The molecular weight excluding hydrogens is 392 g/mol. The topological polar surface area (TPSA) is 84.9 Å². The number of methoxy groups -OCH3 is 1. The first kappa shape index (κ1) is 19.3. The Morgan fingerprint density at radius 2 is 1.96 bits per heavy atom. The summed E-state index contributed by atoms with van der Waals surface area (Å²) < 4.78 is 35.9. The molecule has 0 radical (unpaired) electrons. The molecule has 0 atom stereocenters. The van der Waals surface area contributed by atoms with Gasteiger partial charge < -0.3 is 14.8 Å². The normalized spacial score (nSPS) is 15.4. The molecule has 1 aliphatic heterocycles. The number of para-hydroxylation sites is 2. The number of nitrogens with zero attached hydrogens (tertiary/aromatic N) is 1. The summed E-state index contributed by atoms with van der Waals surface area (Å²) in [5, 5.41) is 2.90. The van der Waals surface area contributed by atoms with Crippen molar-refractivity contribution in [2.24, 2.45) is 0 Å². The fraction of sp³-hybridized carbons (Fsp3) is 0.278. The molecule has 7 nitrogen and oxygen atoms in total. The Morgan fingerprint density at radius 3 is 2.59 bits per heavy atom. The van der Waals surface area contributed by atoms with Crippen molar-refractivity contribution in [2.45, 2.75) is 6.42 Å². The second-order valence-corrected chi connectivity index (χ2v) is 8.31. The Bertz CT molecular complexity index is 949. The molecule has 0 aliphatic carbocycles. The van der Waals surface area contributed by atoms with Gasteiger partial charge in [0, 0.05) is 6.54 Å². The van der Waals surface area contributed by atoms with Crippen molar-refractivity contribution in [3.63, 3.8) is 0 Å². The molecule has 1 amide bonds. The number of benzene rings is 2. The van der Waals surface area contributed by atoms with Crippen molar-refractivity contribution in [1.82, 2.24) is 0 Å². The van der Waals surface area contributed by atoms with Crippen LogP contribution in [0.4, 0.5) is 11.4 Å². The average molecular weight is 411 g/mol. The number of hydrogen-bond acceptors (Lipinski definition) is 5. The first-order valence-corrected chi connectivity index (χ1v) is 10.2. The highest BCUT2D eigenvalue weighted by Crippen LogP contribution is 2.31. The van der Waals surface area contributed by atoms with E-state index < -0.39 is 15.9 Å². The number of rotatable bonds is 6. The van der Waals surface area contributed by atoms with Crippen molar-refractivity contribution in [2.75, 3.05) is 35.6 Å². The van der Waals surface area contributed by atoms with Crippen LogP contribution >= 0.6 is 11.6 Å². The SMILES string of the molecule is COc1ccccc1OCC(=O)Nc1ccc(N2CCCS2(=O)=O)cc1Cl. The highest BCUT2D eigenvalue weighted by Gasteiger charge is 2.28. The Hall–Kier alpha value is -2.45. The molecule has 2 aromatic carbocycles. The number of nitrogens with one attached hydrogen (secondary N) is 1. The Morgan fingerprint density at radius 1 is 1.22 bits per heavy atom. The van der Waals surface area contributed by atoms with Gasteiger partial charge in [-0.25, -0.2) is 8.42 Å². The number of halogens is 1.